The van der Waals surface area contributed by atoms with E-state index in [1.807, 2.05) is 29.2 Å². The summed E-state index contributed by atoms with van der Waals surface area (Å²) in [7, 11) is 0. The zero-order valence-electron chi connectivity index (χ0n) is 12.3. The van der Waals surface area contributed by atoms with Gasteiger partial charge in [-0.3, -0.25) is 14.7 Å². The third-order valence-electron chi connectivity index (χ3n) is 4.22. The average Bonchev–Trinajstić information content (AvgIpc) is 2.97. The first kappa shape index (κ1) is 14.6. The van der Waals surface area contributed by atoms with Gasteiger partial charge in [0.2, 0.25) is 5.96 Å². The number of amides is 1. The molecule has 1 amide bonds. The van der Waals surface area contributed by atoms with Crippen LogP contribution in [0.4, 0.5) is 0 Å². The zero-order valence-corrected chi connectivity index (χ0v) is 13.8. The lowest BCUT2D eigenvalue weighted by atomic mass is 9.99. The van der Waals surface area contributed by atoms with E-state index in [-0.39, 0.29) is 5.91 Å². The molecule has 112 valence electrons. The maximum absolute atomic E-state index is 12.7. The molecule has 4 nitrogen and oxygen atoms in total. The summed E-state index contributed by atoms with van der Waals surface area (Å²) in [6, 6.07) is 7.53. The SMILES string of the molecule is CC1CCN(C2=NCCN2C(=O)c2ccc(Br)cc2)CC1. The number of carbonyl (C=O) groups excluding carboxylic acids is 1. The minimum atomic E-state index is 0.0531. The van der Waals surface area contributed by atoms with Crippen molar-refractivity contribution in [1.29, 1.82) is 0 Å². The maximum Gasteiger partial charge on any atom is 0.260 e. The Morgan fingerprint density at radius 3 is 2.52 bits per heavy atom. The molecule has 1 fully saturated rings. The van der Waals surface area contributed by atoms with E-state index in [1.165, 1.54) is 12.8 Å². The molecule has 0 atom stereocenters. The largest absolute Gasteiger partial charge is 0.342 e. The van der Waals surface area contributed by atoms with Crippen LogP contribution < -0.4 is 0 Å². The third-order valence-corrected chi connectivity index (χ3v) is 4.75. The topological polar surface area (TPSA) is 35.9 Å². The Labute approximate surface area is 134 Å². The molecule has 2 aliphatic rings. The van der Waals surface area contributed by atoms with Crippen molar-refractivity contribution in [2.45, 2.75) is 19.8 Å². The molecule has 0 unspecified atom stereocenters. The Morgan fingerprint density at radius 2 is 1.86 bits per heavy atom. The second-order valence-electron chi connectivity index (χ2n) is 5.81. The first-order valence-electron chi connectivity index (χ1n) is 7.52. The minimum absolute atomic E-state index is 0.0531. The number of aliphatic imine (C=N–C) groups is 1. The highest BCUT2D eigenvalue weighted by molar-refractivity contribution is 9.10. The monoisotopic (exact) mass is 349 g/mol. The maximum atomic E-state index is 12.7. The van der Waals surface area contributed by atoms with Crippen LogP contribution in [0.3, 0.4) is 0 Å². The zero-order chi connectivity index (χ0) is 14.8. The van der Waals surface area contributed by atoms with Crippen LogP contribution in [0.1, 0.15) is 30.1 Å². The molecular weight excluding hydrogens is 330 g/mol. The summed E-state index contributed by atoms with van der Waals surface area (Å²) >= 11 is 3.40. The summed E-state index contributed by atoms with van der Waals surface area (Å²) in [6.07, 6.45) is 2.36. The molecule has 0 N–H and O–H groups in total. The van der Waals surface area contributed by atoms with Crippen molar-refractivity contribution in [3.63, 3.8) is 0 Å². The minimum Gasteiger partial charge on any atom is -0.342 e. The van der Waals surface area contributed by atoms with Gasteiger partial charge in [0, 0.05) is 29.7 Å². The van der Waals surface area contributed by atoms with Gasteiger partial charge in [0.15, 0.2) is 0 Å². The highest BCUT2D eigenvalue weighted by Gasteiger charge is 2.30. The van der Waals surface area contributed by atoms with Crippen LogP contribution in [0.5, 0.6) is 0 Å². The predicted octanol–water partition coefficient (Wildman–Crippen LogP) is 2.99. The molecule has 3 rings (SSSR count). The van der Waals surface area contributed by atoms with Crippen LogP contribution in [0, 0.1) is 5.92 Å². The van der Waals surface area contributed by atoms with Crippen LogP contribution in [0.2, 0.25) is 0 Å². The molecule has 1 aromatic rings. The molecule has 0 saturated carbocycles. The van der Waals surface area contributed by atoms with Crippen LogP contribution in [0.15, 0.2) is 33.7 Å². The number of hydrogen-bond donors (Lipinski definition) is 0. The average molecular weight is 350 g/mol. The van der Waals surface area contributed by atoms with Crippen molar-refractivity contribution in [2.24, 2.45) is 10.9 Å². The Bertz CT molecular complexity index is 547. The number of piperidine rings is 1. The first-order valence-corrected chi connectivity index (χ1v) is 8.31. The van der Waals surface area contributed by atoms with Crippen LogP contribution >= 0.6 is 15.9 Å². The fourth-order valence-electron chi connectivity index (χ4n) is 2.86. The van der Waals surface area contributed by atoms with Crippen molar-refractivity contribution in [3.05, 3.63) is 34.3 Å². The van der Waals surface area contributed by atoms with E-state index >= 15 is 0 Å². The van der Waals surface area contributed by atoms with Crippen molar-refractivity contribution in [2.75, 3.05) is 26.2 Å². The van der Waals surface area contributed by atoms with Crippen LogP contribution in [-0.4, -0.2) is 47.8 Å². The standard InChI is InChI=1S/C16H20BrN3O/c1-12-6-9-19(10-7-12)16-18-8-11-20(16)15(21)13-2-4-14(17)5-3-13/h2-5,12H,6-11H2,1H3. The van der Waals surface area contributed by atoms with E-state index < -0.39 is 0 Å². The number of likely N-dealkylation sites (tertiary alicyclic amines) is 1. The van der Waals surface area contributed by atoms with Crippen molar-refractivity contribution < 1.29 is 4.79 Å². The number of guanidine groups is 1. The predicted molar refractivity (Wildman–Crippen MR) is 87.5 cm³/mol. The molecule has 5 heteroatoms. The second-order valence-corrected chi connectivity index (χ2v) is 6.73. The lowest BCUT2D eigenvalue weighted by Gasteiger charge is -2.34. The first-order chi connectivity index (χ1) is 10.1. The molecule has 1 saturated heterocycles. The number of rotatable bonds is 1. The summed E-state index contributed by atoms with van der Waals surface area (Å²) in [5.74, 6) is 1.70. The van der Waals surface area contributed by atoms with Gasteiger partial charge in [-0.25, -0.2) is 0 Å². The summed E-state index contributed by atoms with van der Waals surface area (Å²) in [5, 5.41) is 0. The van der Waals surface area contributed by atoms with Gasteiger partial charge in [-0.1, -0.05) is 22.9 Å². The van der Waals surface area contributed by atoms with E-state index in [4.69, 9.17) is 0 Å². The molecule has 0 radical (unpaired) electrons. The number of hydrogen-bond acceptors (Lipinski definition) is 3. The van der Waals surface area contributed by atoms with Gasteiger partial charge in [-0.2, -0.15) is 0 Å². The van der Waals surface area contributed by atoms with Gasteiger partial charge in [-0.05, 0) is 43.0 Å². The van der Waals surface area contributed by atoms with Crippen LogP contribution in [0.25, 0.3) is 0 Å². The Hall–Kier alpha value is -1.36. The van der Waals surface area contributed by atoms with Gasteiger partial charge >= 0.3 is 0 Å². The number of benzene rings is 1. The molecule has 21 heavy (non-hydrogen) atoms. The highest BCUT2D eigenvalue weighted by Crippen LogP contribution is 2.20. The Balaban J connectivity index is 1.74. The summed E-state index contributed by atoms with van der Waals surface area (Å²) in [4.78, 5) is 21.3. The van der Waals surface area contributed by atoms with Crippen molar-refractivity contribution >= 4 is 27.8 Å². The number of halogens is 1. The fourth-order valence-corrected chi connectivity index (χ4v) is 3.12. The molecule has 2 heterocycles. The number of carbonyl (C=O) groups is 1. The van der Waals surface area contributed by atoms with Gasteiger partial charge in [0.25, 0.3) is 5.91 Å². The van der Waals surface area contributed by atoms with E-state index in [9.17, 15) is 4.79 Å². The van der Waals surface area contributed by atoms with Crippen molar-refractivity contribution in [1.82, 2.24) is 9.80 Å². The van der Waals surface area contributed by atoms with Crippen molar-refractivity contribution in [3.8, 4) is 0 Å². The molecule has 2 aliphatic heterocycles. The van der Waals surface area contributed by atoms with E-state index in [0.29, 0.717) is 13.1 Å². The Morgan fingerprint density at radius 1 is 1.19 bits per heavy atom. The quantitative estimate of drug-likeness (QED) is 0.781. The van der Waals surface area contributed by atoms with Gasteiger partial charge in [-0.15, -0.1) is 0 Å². The van der Waals surface area contributed by atoms with Gasteiger partial charge in [0.1, 0.15) is 0 Å². The summed E-state index contributed by atoms with van der Waals surface area (Å²) in [5.41, 5.74) is 0.721. The van der Waals surface area contributed by atoms with Crippen LogP contribution in [-0.2, 0) is 0 Å². The summed E-state index contributed by atoms with van der Waals surface area (Å²) in [6.45, 7) is 5.70. The second kappa shape index (κ2) is 6.18. The normalized spacial score (nSPS) is 19.8. The lowest BCUT2D eigenvalue weighted by Crippen LogP contribution is -2.47. The van der Waals surface area contributed by atoms with E-state index in [2.05, 4.69) is 32.7 Å². The molecule has 0 aromatic heterocycles. The Kier molecular flexibility index (Phi) is 4.29. The summed E-state index contributed by atoms with van der Waals surface area (Å²) < 4.78 is 0.986. The smallest absolute Gasteiger partial charge is 0.260 e. The van der Waals surface area contributed by atoms with E-state index in [1.54, 1.807) is 0 Å². The lowest BCUT2D eigenvalue weighted by molar-refractivity contribution is 0.0839. The van der Waals surface area contributed by atoms with Gasteiger partial charge < -0.3 is 4.90 Å². The highest BCUT2D eigenvalue weighted by atomic mass is 79.9. The third kappa shape index (κ3) is 3.12. The molecular formula is C16H20BrN3O. The molecule has 1 aromatic carbocycles. The molecule has 0 bridgehead atoms. The molecule has 0 aliphatic carbocycles. The van der Waals surface area contributed by atoms with E-state index in [0.717, 1.165) is 35.0 Å². The number of nitrogens with zero attached hydrogens (tertiary/aromatic N) is 3. The fraction of sp³-hybridized carbons (Fsp3) is 0.500. The van der Waals surface area contributed by atoms with Gasteiger partial charge in [0.05, 0.1) is 6.54 Å². The molecule has 0 spiro atoms.